The summed E-state index contributed by atoms with van der Waals surface area (Å²) in [6.07, 6.45) is 4.15. The number of carbonyl (C=O) groups is 2. The third-order valence-electron chi connectivity index (χ3n) is 5.14. The Morgan fingerprint density at radius 3 is 2.61 bits per heavy atom. The predicted octanol–water partition coefficient (Wildman–Crippen LogP) is 4.14. The van der Waals surface area contributed by atoms with Crippen LogP contribution in [-0.2, 0) is 22.4 Å². The van der Waals surface area contributed by atoms with E-state index in [4.69, 9.17) is 13.9 Å². The van der Waals surface area contributed by atoms with Crippen LogP contribution < -0.4 is 15.7 Å². The fraction of sp³-hybridized carbons (Fsp3) is 0.522. The molecule has 3 rings (SSSR count). The second-order valence-corrected chi connectivity index (χ2v) is 9.65. The van der Waals surface area contributed by atoms with E-state index in [-0.39, 0.29) is 5.63 Å². The van der Waals surface area contributed by atoms with Gasteiger partial charge in [-0.1, -0.05) is 0 Å². The summed E-state index contributed by atoms with van der Waals surface area (Å²) in [7, 11) is 0. The molecule has 0 aliphatic heterocycles. The lowest BCUT2D eigenvalue weighted by atomic mass is 10.0. The highest BCUT2D eigenvalue weighted by Crippen LogP contribution is 2.33. The minimum absolute atomic E-state index is 0.304. The van der Waals surface area contributed by atoms with Gasteiger partial charge in [0.15, 0.2) is 0 Å². The fourth-order valence-corrected chi connectivity index (χ4v) is 4.16. The number of alkyl carbamates (subject to hydrolysis) is 1. The molecule has 0 radical (unpaired) electrons. The smallest absolute Gasteiger partial charge is 0.408 e. The highest BCUT2D eigenvalue weighted by Gasteiger charge is 2.27. The fourth-order valence-electron chi connectivity index (χ4n) is 3.69. The first-order valence-electron chi connectivity index (χ1n) is 10.4. The van der Waals surface area contributed by atoms with Crippen molar-refractivity contribution < 1.29 is 23.5 Å². The predicted molar refractivity (Wildman–Crippen MR) is 121 cm³/mol. The van der Waals surface area contributed by atoms with E-state index in [1.807, 2.05) is 12.3 Å². The summed E-state index contributed by atoms with van der Waals surface area (Å²) in [6.45, 7) is 7.02. The van der Waals surface area contributed by atoms with E-state index in [2.05, 4.69) is 5.32 Å². The van der Waals surface area contributed by atoms with Crippen molar-refractivity contribution in [2.75, 3.05) is 12.0 Å². The number of hydrogen-bond acceptors (Lipinski definition) is 7. The molecule has 1 N–H and O–H groups in total. The molecule has 8 heteroatoms. The Bertz CT molecular complexity index is 1050. The molecule has 7 nitrogen and oxygen atoms in total. The largest absolute Gasteiger partial charge is 0.444 e. The summed E-state index contributed by atoms with van der Waals surface area (Å²) in [4.78, 5) is 37.4. The van der Waals surface area contributed by atoms with Crippen LogP contribution >= 0.6 is 11.8 Å². The van der Waals surface area contributed by atoms with Gasteiger partial charge in [-0.2, -0.15) is 11.8 Å². The Morgan fingerprint density at radius 2 is 1.94 bits per heavy atom. The van der Waals surface area contributed by atoms with E-state index in [1.165, 1.54) is 0 Å². The van der Waals surface area contributed by atoms with Gasteiger partial charge in [-0.3, -0.25) is 0 Å². The van der Waals surface area contributed by atoms with Crippen LogP contribution in [0.4, 0.5) is 4.79 Å². The van der Waals surface area contributed by atoms with Crippen LogP contribution in [0.25, 0.3) is 11.0 Å². The molecule has 0 spiro atoms. The van der Waals surface area contributed by atoms with E-state index in [9.17, 15) is 14.4 Å². The van der Waals surface area contributed by atoms with Gasteiger partial charge in [0.05, 0.1) is 0 Å². The van der Waals surface area contributed by atoms with Crippen LogP contribution in [0, 0.1) is 6.92 Å². The van der Waals surface area contributed by atoms with Crippen molar-refractivity contribution in [1.82, 2.24) is 5.32 Å². The van der Waals surface area contributed by atoms with Crippen molar-refractivity contribution in [1.29, 1.82) is 0 Å². The minimum atomic E-state index is -0.857. The second kappa shape index (κ2) is 9.34. The molecule has 1 heterocycles. The number of hydrogen-bond donors (Lipinski definition) is 1. The van der Waals surface area contributed by atoms with E-state index >= 15 is 0 Å². The zero-order valence-corrected chi connectivity index (χ0v) is 19.4. The Hall–Kier alpha value is -2.48. The maximum absolute atomic E-state index is 12.9. The maximum atomic E-state index is 12.9. The van der Waals surface area contributed by atoms with Crippen molar-refractivity contribution in [3.63, 3.8) is 0 Å². The number of fused-ring (bicyclic) bond motifs is 3. The van der Waals surface area contributed by atoms with Gasteiger partial charge in [0.25, 0.3) is 0 Å². The van der Waals surface area contributed by atoms with E-state index in [0.29, 0.717) is 29.1 Å². The van der Waals surface area contributed by atoms with E-state index < -0.39 is 23.7 Å². The van der Waals surface area contributed by atoms with E-state index in [0.717, 1.165) is 35.8 Å². The lowest BCUT2D eigenvalue weighted by molar-refractivity contribution is -0.136. The molecule has 0 unspecified atom stereocenters. The summed E-state index contributed by atoms with van der Waals surface area (Å²) in [6, 6.07) is 2.69. The van der Waals surface area contributed by atoms with Gasteiger partial charge in [-0.15, -0.1) is 0 Å². The third-order valence-corrected chi connectivity index (χ3v) is 5.78. The van der Waals surface area contributed by atoms with Gasteiger partial charge >= 0.3 is 17.7 Å². The molecule has 0 saturated carbocycles. The zero-order valence-electron chi connectivity index (χ0n) is 18.6. The van der Waals surface area contributed by atoms with Crippen molar-refractivity contribution in [3.05, 3.63) is 39.2 Å². The number of esters is 1. The van der Waals surface area contributed by atoms with Crippen LogP contribution in [0.1, 0.15) is 50.3 Å². The first kappa shape index (κ1) is 23.2. The highest BCUT2D eigenvalue weighted by atomic mass is 32.2. The summed E-state index contributed by atoms with van der Waals surface area (Å²) >= 11 is 1.56. The van der Waals surface area contributed by atoms with Gasteiger partial charge in [-0.25, -0.2) is 14.4 Å². The van der Waals surface area contributed by atoms with Crippen LogP contribution in [0.15, 0.2) is 21.3 Å². The summed E-state index contributed by atoms with van der Waals surface area (Å²) < 4.78 is 16.5. The number of carbonyl (C=O) groups excluding carboxylic acids is 2. The third kappa shape index (κ3) is 5.42. The number of rotatable bonds is 6. The molecule has 0 fully saturated rings. The molecule has 2 aromatic rings. The molecule has 31 heavy (non-hydrogen) atoms. The Morgan fingerprint density at radius 1 is 1.23 bits per heavy atom. The van der Waals surface area contributed by atoms with Crippen molar-refractivity contribution in [3.8, 4) is 5.75 Å². The molecule has 1 aromatic heterocycles. The number of thioether (sulfide) groups is 1. The van der Waals surface area contributed by atoms with Gasteiger partial charge in [0.2, 0.25) is 0 Å². The lowest BCUT2D eigenvalue weighted by Crippen LogP contribution is -2.45. The monoisotopic (exact) mass is 447 g/mol. The number of nitrogens with one attached hydrogen (secondary N) is 1. The number of aryl methyl sites for hydroxylation is 2. The van der Waals surface area contributed by atoms with Crippen molar-refractivity contribution >= 4 is 34.8 Å². The molecular formula is C23H29NO6S. The first-order chi connectivity index (χ1) is 14.6. The molecule has 1 aliphatic rings. The molecule has 0 saturated heterocycles. The summed E-state index contributed by atoms with van der Waals surface area (Å²) in [5.74, 6) is 0.373. The Kier molecular flexibility index (Phi) is 6.99. The maximum Gasteiger partial charge on any atom is 0.408 e. The van der Waals surface area contributed by atoms with Crippen LogP contribution in [0.3, 0.4) is 0 Å². The number of benzene rings is 1. The number of amides is 1. The molecule has 1 atom stereocenters. The average Bonchev–Trinajstić information content (AvgIpc) is 3.17. The Balaban J connectivity index is 1.84. The Labute approximate surface area is 185 Å². The van der Waals surface area contributed by atoms with Gasteiger partial charge in [0.1, 0.15) is 23.0 Å². The second-order valence-electron chi connectivity index (χ2n) is 8.67. The molecule has 1 amide bonds. The van der Waals surface area contributed by atoms with Crippen molar-refractivity contribution in [2.24, 2.45) is 0 Å². The number of ether oxygens (including phenoxy) is 2. The summed E-state index contributed by atoms with van der Waals surface area (Å²) in [5, 5.41) is 3.49. The molecule has 1 aliphatic carbocycles. The zero-order chi connectivity index (χ0) is 22.8. The van der Waals surface area contributed by atoms with Crippen LogP contribution in [0.2, 0.25) is 0 Å². The van der Waals surface area contributed by atoms with E-state index in [1.54, 1.807) is 45.5 Å². The normalized spacial score (nSPS) is 14.2. The lowest BCUT2D eigenvalue weighted by Gasteiger charge is -2.23. The molecule has 168 valence electrons. The SMILES string of the molecule is CSCC[C@@H](NC(=O)OC(C)(C)C)C(=O)Oc1ccc2c3c(c(=O)oc2c1C)CCC3. The molecular weight excluding hydrogens is 418 g/mol. The van der Waals surface area contributed by atoms with Gasteiger partial charge in [-0.05, 0) is 83.1 Å². The quantitative estimate of drug-likeness (QED) is 0.404. The molecule has 0 bridgehead atoms. The van der Waals surface area contributed by atoms with Crippen LogP contribution in [-0.4, -0.2) is 35.7 Å². The van der Waals surface area contributed by atoms with Crippen molar-refractivity contribution in [2.45, 2.75) is 65.0 Å². The first-order valence-corrected chi connectivity index (χ1v) is 11.8. The average molecular weight is 448 g/mol. The minimum Gasteiger partial charge on any atom is -0.444 e. The highest BCUT2D eigenvalue weighted by molar-refractivity contribution is 7.98. The summed E-state index contributed by atoms with van der Waals surface area (Å²) in [5.41, 5.74) is 1.79. The van der Waals surface area contributed by atoms with Gasteiger partial charge < -0.3 is 19.2 Å². The standard InChI is InChI=1S/C23H29NO6S/c1-13-18(10-9-15-14-7-6-8-16(14)20(25)29-19(13)15)28-21(26)17(11-12-31-5)24-22(27)30-23(2,3)4/h9-10,17H,6-8,11-12H2,1-5H3,(H,24,27)/t17-/m1/s1. The molecule has 1 aromatic carbocycles. The van der Waals surface area contributed by atoms with Gasteiger partial charge in [0, 0.05) is 16.5 Å². The van der Waals surface area contributed by atoms with Crippen LogP contribution in [0.5, 0.6) is 5.75 Å². The topological polar surface area (TPSA) is 94.8 Å².